The Morgan fingerprint density at radius 3 is 2.70 bits per heavy atom. The molecule has 0 heterocycles. The van der Waals surface area contributed by atoms with E-state index in [9.17, 15) is 9.18 Å². The maximum atomic E-state index is 13.7. The van der Waals surface area contributed by atoms with Crippen molar-refractivity contribution in [3.8, 4) is 0 Å². The van der Waals surface area contributed by atoms with Crippen LogP contribution in [-0.2, 0) is 4.74 Å². The summed E-state index contributed by atoms with van der Waals surface area (Å²) in [6, 6.07) is 9.18. The maximum Gasteiger partial charge on any atom is 0.340 e. The van der Waals surface area contributed by atoms with Crippen LogP contribution in [0.4, 0.5) is 21.5 Å². The Hall–Kier alpha value is -2.08. The van der Waals surface area contributed by atoms with Crippen LogP contribution >= 0.6 is 15.9 Å². The first-order chi connectivity index (χ1) is 9.51. The minimum atomic E-state index is -0.546. The van der Waals surface area contributed by atoms with E-state index in [1.807, 2.05) is 0 Å². The first-order valence-electron chi connectivity index (χ1n) is 5.71. The molecule has 0 amide bonds. The third-order valence-electron chi connectivity index (χ3n) is 2.65. The number of rotatable bonds is 3. The summed E-state index contributed by atoms with van der Waals surface area (Å²) in [4.78, 5) is 11.7. The second-order valence-corrected chi connectivity index (χ2v) is 4.96. The molecule has 0 aliphatic carbocycles. The highest BCUT2D eigenvalue weighted by molar-refractivity contribution is 9.10. The van der Waals surface area contributed by atoms with E-state index in [-0.39, 0.29) is 11.3 Å². The van der Waals surface area contributed by atoms with Gasteiger partial charge in [-0.15, -0.1) is 0 Å². The van der Waals surface area contributed by atoms with Crippen LogP contribution < -0.4 is 11.1 Å². The summed E-state index contributed by atoms with van der Waals surface area (Å²) in [5.41, 5.74) is 6.98. The molecule has 0 saturated carbocycles. The van der Waals surface area contributed by atoms with Crippen molar-refractivity contribution in [3.05, 3.63) is 52.3 Å². The van der Waals surface area contributed by atoms with Crippen molar-refractivity contribution in [2.75, 3.05) is 18.2 Å². The largest absolute Gasteiger partial charge is 0.465 e. The Kier molecular flexibility index (Phi) is 4.24. The fourth-order valence-corrected chi connectivity index (χ4v) is 2.05. The predicted molar refractivity (Wildman–Crippen MR) is 79.6 cm³/mol. The number of methoxy groups -OCH3 is 1. The molecule has 0 radical (unpaired) electrons. The van der Waals surface area contributed by atoms with Gasteiger partial charge in [-0.05, 0) is 36.4 Å². The van der Waals surface area contributed by atoms with Gasteiger partial charge in [0.1, 0.15) is 5.82 Å². The Labute approximate surface area is 123 Å². The lowest BCUT2D eigenvalue weighted by Crippen LogP contribution is -2.07. The molecular formula is C14H12BrFN2O2. The second-order valence-electron chi connectivity index (χ2n) is 4.05. The van der Waals surface area contributed by atoms with Gasteiger partial charge in [-0.3, -0.25) is 0 Å². The summed E-state index contributed by atoms with van der Waals surface area (Å²) >= 11 is 3.26. The van der Waals surface area contributed by atoms with Gasteiger partial charge in [-0.25, -0.2) is 9.18 Å². The molecule has 0 atom stereocenters. The van der Waals surface area contributed by atoms with Crippen molar-refractivity contribution in [3.63, 3.8) is 0 Å². The van der Waals surface area contributed by atoms with Gasteiger partial charge >= 0.3 is 5.97 Å². The average molecular weight is 339 g/mol. The molecule has 0 bridgehead atoms. The average Bonchev–Trinajstić information content (AvgIpc) is 2.43. The first kappa shape index (κ1) is 14.3. The van der Waals surface area contributed by atoms with Crippen LogP contribution in [0.15, 0.2) is 40.9 Å². The third kappa shape index (κ3) is 3.08. The van der Waals surface area contributed by atoms with Crippen LogP contribution in [-0.4, -0.2) is 13.1 Å². The predicted octanol–water partition coefficient (Wildman–Crippen LogP) is 3.70. The Morgan fingerprint density at radius 2 is 2.00 bits per heavy atom. The molecule has 0 saturated heterocycles. The number of carbonyl (C=O) groups excluding carboxylic acids is 1. The number of anilines is 3. The fourth-order valence-electron chi connectivity index (χ4n) is 1.69. The molecule has 0 aliphatic rings. The number of hydrogen-bond donors (Lipinski definition) is 2. The van der Waals surface area contributed by atoms with Crippen molar-refractivity contribution in [2.24, 2.45) is 0 Å². The highest BCUT2D eigenvalue weighted by atomic mass is 79.9. The van der Waals surface area contributed by atoms with Gasteiger partial charge in [0, 0.05) is 10.2 Å². The molecule has 6 heteroatoms. The zero-order valence-corrected chi connectivity index (χ0v) is 12.2. The summed E-state index contributed by atoms with van der Waals surface area (Å²) < 4.78 is 19.1. The number of ether oxygens (including phenoxy) is 1. The number of esters is 1. The number of benzene rings is 2. The lowest BCUT2D eigenvalue weighted by atomic mass is 10.1. The number of nitrogen functional groups attached to an aromatic ring is 1. The summed E-state index contributed by atoms with van der Waals surface area (Å²) in [6.07, 6.45) is 0. The van der Waals surface area contributed by atoms with Gasteiger partial charge in [0.05, 0.1) is 24.0 Å². The fraction of sp³-hybridized carbons (Fsp3) is 0.0714. The minimum Gasteiger partial charge on any atom is -0.465 e. The zero-order valence-electron chi connectivity index (χ0n) is 10.6. The normalized spacial score (nSPS) is 10.2. The van der Waals surface area contributed by atoms with Gasteiger partial charge in [0.25, 0.3) is 0 Å². The summed E-state index contributed by atoms with van der Waals surface area (Å²) in [6.45, 7) is 0. The number of hydrogen-bond acceptors (Lipinski definition) is 4. The molecule has 0 spiro atoms. The molecule has 0 fully saturated rings. The Morgan fingerprint density at radius 1 is 1.25 bits per heavy atom. The first-order valence-corrected chi connectivity index (χ1v) is 6.50. The molecule has 2 aromatic carbocycles. The third-order valence-corrected chi connectivity index (χ3v) is 3.14. The molecule has 0 aromatic heterocycles. The maximum absolute atomic E-state index is 13.7. The SMILES string of the molecule is COC(=O)c1cc(N)ccc1Nc1cc(Br)ccc1F. The van der Waals surface area contributed by atoms with E-state index in [4.69, 9.17) is 5.73 Å². The van der Waals surface area contributed by atoms with E-state index >= 15 is 0 Å². The van der Waals surface area contributed by atoms with E-state index < -0.39 is 11.8 Å². The van der Waals surface area contributed by atoms with Gasteiger partial charge in [-0.1, -0.05) is 15.9 Å². The van der Waals surface area contributed by atoms with Gasteiger partial charge in [0.15, 0.2) is 0 Å². The highest BCUT2D eigenvalue weighted by Gasteiger charge is 2.14. The number of halogens is 2. The van der Waals surface area contributed by atoms with Gasteiger partial charge in [0.2, 0.25) is 0 Å². The van der Waals surface area contributed by atoms with E-state index in [0.717, 1.165) is 4.47 Å². The quantitative estimate of drug-likeness (QED) is 0.661. The van der Waals surface area contributed by atoms with Crippen LogP contribution in [0.25, 0.3) is 0 Å². The van der Waals surface area contributed by atoms with Crippen LogP contribution in [0.5, 0.6) is 0 Å². The monoisotopic (exact) mass is 338 g/mol. The highest BCUT2D eigenvalue weighted by Crippen LogP contribution is 2.27. The lowest BCUT2D eigenvalue weighted by Gasteiger charge is -2.12. The van der Waals surface area contributed by atoms with Crippen LogP contribution in [0.2, 0.25) is 0 Å². The van der Waals surface area contributed by atoms with Crippen molar-refractivity contribution in [1.82, 2.24) is 0 Å². The van der Waals surface area contributed by atoms with Crippen LogP contribution in [0.1, 0.15) is 10.4 Å². The standard InChI is InChI=1S/C14H12BrFN2O2/c1-20-14(19)10-7-9(17)3-5-12(10)18-13-6-8(15)2-4-11(13)16/h2-7,18H,17H2,1H3. The summed E-state index contributed by atoms with van der Waals surface area (Å²) in [5.74, 6) is -0.976. The molecule has 4 nitrogen and oxygen atoms in total. The van der Waals surface area contributed by atoms with Crippen molar-refractivity contribution in [1.29, 1.82) is 0 Å². The Bertz CT molecular complexity index is 662. The lowest BCUT2D eigenvalue weighted by molar-refractivity contribution is 0.0602. The molecule has 0 aliphatic heterocycles. The molecule has 2 aromatic rings. The molecule has 0 unspecified atom stereocenters. The topological polar surface area (TPSA) is 64.3 Å². The molecular weight excluding hydrogens is 327 g/mol. The molecule has 20 heavy (non-hydrogen) atoms. The summed E-state index contributed by atoms with van der Waals surface area (Å²) in [7, 11) is 1.27. The minimum absolute atomic E-state index is 0.242. The molecule has 3 N–H and O–H groups in total. The van der Waals surface area contributed by atoms with Crippen molar-refractivity contribution >= 4 is 39.0 Å². The second kappa shape index (κ2) is 5.92. The number of carbonyl (C=O) groups is 1. The summed E-state index contributed by atoms with van der Waals surface area (Å²) in [5, 5.41) is 2.86. The number of nitrogens with one attached hydrogen (secondary N) is 1. The van der Waals surface area contributed by atoms with E-state index in [2.05, 4.69) is 26.0 Å². The van der Waals surface area contributed by atoms with Crippen molar-refractivity contribution < 1.29 is 13.9 Å². The van der Waals surface area contributed by atoms with E-state index in [1.54, 1.807) is 24.3 Å². The molecule has 2 rings (SSSR count). The van der Waals surface area contributed by atoms with Gasteiger partial charge < -0.3 is 15.8 Å². The van der Waals surface area contributed by atoms with E-state index in [1.165, 1.54) is 19.2 Å². The van der Waals surface area contributed by atoms with E-state index in [0.29, 0.717) is 11.4 Å². The van der Waals surface area contributed by atoms with Crippen LogP contribution in [0.3, 0.4) is 0 Å². The Balaban J connectivity index is 2.43. The van der Waals surface area contributed by atoms with Gasteiger partial charge in [-0.2, -0.15) is 0 Å². The van der Waals surface area contributed by atoms with Crippen molar-refractivity contribution in [2.45, 2.75) is 0 Å². The molecule has 104 valence electrons. The number of nitrogens with two attached hydrogens (primary N) is 1. The smallest absolute Gasteiger partial charge is 0.340 e. The van der Waals surface area contributed by atoms with Crippen LogP contribution in [0, 0.1) is 5.82 Å². The zero-order chi connectivity index (χ0) is 14.7.